The van der Waals surface area contributed by atoms with Crippen molar-refractivity contribution in [2.24, 2.45) is 4.99 Å². The molecule has 8 aromatic rings. The van der Waals surface area contributed by atoms with Crippen LogP contribution in [0.15, 0.2) is 177 Å². The second-order valence-corrected chi connectivity index (χ2v) is 13.4. The maximum Gasteiger partial charge on any atom is 0.136 e. The van der Waals surface area contributed by atoms with Gasteiger partial charge in [0.2, 0.25) is 0 Å². The lowest BCUT2D eigenvalue weighted by atomic mass is 9.94. The molecule has 0 fully saturated rings. The van der Waals surface area contributed by atoms with Gasteiger partial charge in [-0.05, 0) is 68.9 Å². The van der Waals surface area contributed by atoms with Crippen molar-refractivity contribution in [3.05, 3.63) is 179 Å². The average molecular weight is 633 g/mol. The van der Waals surface area contributed by atoms with Crippen molar-refractivity contribution < 1.29 is 4.42 Å². The van der Waals surface area contributed by atoms with E-state index >= 15 is 0 Å². The Morgan fingerprint density at radius 2 is 1.27 bits per heavy atom. The van der Waals surface area contributed by atoms with Crippen LogP contribution in [0.3, 0.4) is 0 Å². The van der Waals surface area contributed by atoms with Gasteiger partial charge >= 0.3 is 0 Å². The summed E-state index contributed by atoms with van der Waals surface area (Å²) < 4.78 is 6.60. The van der Waals surface area contributed by atoms with E-state index in [0.717, 1.165) is 50.2 Å². The van der Waals surface area contributed by atoms with Crippen LogP contribution in [0, 0.1) is 0 Å². The normalized spacial score (nSPS) is 15.4. The van der Waals surface area contributed by atoms with Crippen molar-refractivity contribution in [3.8, 4) is 22.3 Å². The number of amidine groups is 1. The predicted octanol–water partition coefficient (Wildman–Crippen LogP) is 11.6. The van der Waals surface area contributed by atoms with Gasteiger partial charge in [-0.2, -0.15) is 0 Å². The van der Waals surface area contributed by atoms with Gasteiger partial charge < -0.3 is 9.73 Å². The number of thioether (sulfide) groups is 1. The Hall–Kier alpha value is -5.84. The largest absolute Gasteiger partial charge is 0.456 e. The maximum atomic E-state index is 6.60. The lowest BCUT2D eigenvalue weighted by Gasteiger charge is -2.26. The molecule has 0 spiro atoms. The molecule has 1 atom stereocenters. The van der Waals surface area contributed by atoms with Crippen LogP contribution in [-0.2, 0) is 0 Å². The van der Waals surface area contributed by atoms with Crippen molar-refractivity contribution in [2.75, 3.05) is 0 Å². The van der Waals surface area contributed by atoms with Crippen molar-refractivity contribution in [3.63, 3.8) is 0 Å². The topological polar surface area (TPSA) is 37.5 Å². The van der Waals surface area contributed by atoms with E-state index in [1.54, 1.807) is 0 Å². The van der Waals surface area contributed by atoms with E-state index in [1.165, 1.54) is 42.8 Å². The summed E-state index contributed by atoms with van der Waals surface area (Å²) >= 11 is 1.82. The molecule has 1 unspecified atom stereocenters. The lowest BCUT2D eigenvalue weighted by Crippen LogP contribution is -2.32. The highest BCUT2D eigenvalue weighted by molar-refractivity contribution is 8.03. The zero-order valence-electron chi connectivity index (χ0n) is 25.9. The van der Waals surface area contributed by atoms with Crippen molar-refractivity contribution >= 4 is 56.0 Å². The van der Waals surface area contributed by atoms with Gasteiger partial charge in [-0.3, -0.25) is 0 Å². The van der Waals surface area contributed by atoms with Gasteiger partial charge in [-0.25, -0.2) is 4.99 Å². The molecule has 0 radical (unpaired) electrons. The summed E-state index contributed by atoms with van der Waals surface area (Å²) in [5, 5.41) is 8.45. The molecule has 2 aliphatic rings. The van der Waals surface area contributed by atoms with Gasteiger partial charge in [0.15, 0.2) is 0 Å². The third kappa shape index (κ3) is 4.34. The average Bonchev–Trinajstić information content (AvgIpc) is 3.73. The zero-order valence-corrected chi connectivity index (χ0v) is 26.7. The maximum absolute atomic E-state index is 6.60. The standard InChI is InChI=1S/C44H28N2OS/c1-2-12-28(13-3-1)32-15-6-7-16-33(32)30-23-24-34-38(26-30)47-37-19-10-18-36(40(34)37)44-45-41(31-22-21-27-11-4-5-14-29(27)25-31)43-42(46-44)35-17-8-9-20-39(35)48-43/h1-26,42H,(H,45,46). The van der Waals surface area contributed by atoms with Crippen molar-refractivity contribution in [1.82, 2.24) is 5.32 Å². The number of hydrogen-bond donors (Lipinski definition) is 1. The van der Waals surface area contributed by atoms with E-state index in [-0.39, 0.29) is 6.04 Å². The summed E-state index contributed by atoms with van der Waals surface area (Å²) in [7, 11) is 0. The molecule has 0 saturated carbocycles. The fourth-order valence-electron chi connectivity index (χ4n) is 7.27. The molecule has 0 bridgehead atoms. The molecule has 10 rings (SSSR count). The van der Waals surface area contributed by atoms with E-state index < -0.39 is 0 Å². The van der Waals surface area contributed by atoms with Gasteiger partial charge in [0.25, 0.3) is 0 Å². The number of aliphatic imine (C=N–C) groups is 1. The number of hydrogen-bond acceptors (Lipinski definition) is 4. The van der Waals surface area contributed by atoms with Crippen LogP contribution in [0.1, 0.15) is 22.7 Å². The van der Waals surface area contributed by atoms with Crippen LogP contribution < -0.4 is 5.32 Å². The molecule has 1 N–H and O–H groups in total. The highest BCUT2D eigenvalue weighted by atomic mass is 32.2. The molecule has 3 heterocycles. The monoisotopic (exact) mass is 632 g/mol. The Labute approximate surface area is 282 Å². The summed E-state index contributed by atoms with van der Waals surface area (Å²) in [6.07, 6.45) is 0. The van der Waals surface area contributed by atoms with Crippen LogP contribution in [0.2, 0.25) is 0 Å². The first-order chi connectivity index (χ1) is 23.8. The molecular weight excluding hydrogens is 605 g/mol. The van der Waals surface area contributed by atoms with Crippen LogP contribution >= 0.6 is 11.8 Å². The van der Waals surface area contributed by atoms with Gasteiger partial charge in [-0.15, -0.1) is 0 Å². The first-order valence-electron chi connectivity index (χ1n) is 16.2. The zero-order chi connectivity index (χ0) is 31.6. The molecule has 1 aromatic heterocycles. The predicted molar refractivity (Wildman–Crippen MR) is 200 cm³/mol. The number of nitrogens with one attached hydrogen (secondary N) is 1. The third-order valence-corrected chi connectivity index (χ3v) is 10.8. The molecule has 226 valence electrons. The van der Waals surface area contributed by atoms with E-state index in [0.29, 0.717) is 0 Å². The molecule has 0 saturated heterocycles. The molecule has 48 heavy (non-hydrogen) atoms. The molecule has 7 aromatic carbocycles. The van der Waals surface area contributed by atoms with Gasteiger partial charge in [0, 0.05) is 31.7 Å². The summed E-state index contributed by atoms with van der Waals surface area (Å²) in [5.41, 5.74) is 10.9. The lowest BCUT2D eigenvalue weighted by molar-refractivity contribution is 0.669. The van der Waals surface area contributed by atoms with Crippen molar-refractivity contribution in [1.29, 1.82) is 0 Å². The van der Waals surface area contributed by atoms with Gasteiger partial charge in [-0.1, -0.05) is 139 Å². The van der Waals surface area contributed by atoms with E-state index in [2.05, 4.69) is 163 Å². The SMILES string of the molecule is c1ccc(-c2ccccc2-c2ccc3c(c2)oc2cccc(C4=NC(c5ccc6ccccc6c5)=C5Sc6ccccc6C5N4)c23)cc1. The van der Waals surface area contributed by atoms with E-state index in [9.17, 15) is 0 Å². The quantitative estimate of drug-likeness (QED) is 0.210. The van der Waals surface area contributed by atoms with Crippen molar-refractivity contribution in [2.45, 2.75) is 10.9 Å². The first kappa shape index (κ1) is 27.3. The number of nitrogens with zero attached hydrogens (tertiary/aromatic N) is 1. The minimum Gasteiger partial charge on any atom is -0.456 e. The highest BCUT2D eigenvalue weighted by Crippen LogP contribution is 2.52. The molecule has 4 heteroatoms. The number of fused-ring (bicyclic) bond motifs is 7. The van der Waals surface area contributed by atoms with Crippen LogP contribution in [0.25, 0.3) is 60.7 Å². The number of benzene rings is 7. The second kappa shape index (κ2) is 10.9. The fraction of sp³-hybridized carbons (Fsp3) is 0.0227. The molecular formula is C44H28N2OS. The van der Waals surface area contributed by atoms with E-state index in [1.807, 2.05) is 11.8 Å². The molecule has 2 aliphatic heterocycles. The number of furan rings is 1. The Morgan fingerprint density at radius 3 is 2.17 bits per heavy atom. The second-order valence-electron chi connectivity index (χ2n) is 12.4. The summed E-state index contributed by atoms with van der Waals surface area (Å²) in [6.45, 7) is 0. The summed E-state index contributed by atoms with van der Waals surface area (Å²) in [6, 6.07) is 56.0. The van der Waals surface area contributed by atoms with E-state index in [4.69, 9.17) is 9.41 Å². The smallest absolute Gasteiger partial charge is 0.136 e. The summed E-state index contributed by atoms with van der Waals surface area (Å²) in [5.74, 6) is 0.857. The van der Waals surface area contributed by atoms with Crippen LogP contribution in [-0.4, -0.2) is 5.84 Å². The minimum absolute atomic E-state index is 0.0229. The van der Waals surface area contributed by atoms with Crippen LogP contribution in [0.5, 0.6) is 0 Å². The van der Waals surface area contributed by atoms with Crippen LogP contribution in [0.4, 0.5) is 0 Å². The molecule has 0 aliphatic carbocycles. The summed E-state index contributed by atoms with van der Waals surface area (Å²) in [4.78, 5) is 7.93. The first-order valence-corrected chi connectivity index (χ1v) is 17.1. The molecule has 3 nitrogen and oxygen atoms in total. The minimum atomic E-state index is 0.0229. The molecule has 0 amide bonds. The Kier molecular flexibility index (Phi) is 6.18. The van der Waals surface area contributed by atoms with Gasteiger partial charge in [0.1, 0.15) is 17.0 Å². The third-order valence-electron chi connectivity index (χ3n) is 9.55. The fourth-order valence-corrected chi connectivity index (χ4v) is 8.52. The van der Waals surface area contributed by atoms with Gasteiger partial charge in [0.05, 0.1) is 11.7 Å². The highest BCUT2D eigenvalue weighted by Gasteiger charge is 2.35. The number of rotatable bonds is 4. The Bertz CT molecular complexity index is 2630. The Balaban J connectivity index is 1.13. The Morgan fingerprint density at radius 1 is 0.542 bits per heavy atom.